The fourth-order valence-corrected chi connectivity index (χ4v) is 1.68. The van der Waals surface area contributed by atoms with E-state index in [1.165, 1.54) is 6.20 Å². The number of benzene rings is 1. The van der Waals surface area contributed by atoms with Gasteiger partial charge in [0.15, 0.2) is 0 Å². The highest BCUT2D eigenvalue weighted by Crippen LogP contribution is 2.20. The van der Waals surface area contributed by atoms with Crippen LogP contribution in [-0.4, -0.2) is 26.2 Å². The minimum atomic E-state index is -0.417. The van der Waals surface area contributed by atoms with E-state index in [1.54, 1.807) is 13.2 Å². The molecule has 0 atom stereocenters. The van der Waals surface area contributed by atoms with E-state index in [1.807, 2.05) is 25.1 Å². The van der Waals surface area contributed by atoms with Gasteiger partial charge in [0.1, 0.15) is 11.6 Å². The van der Waals surface area contributed by atoms with Crippen molar-refractivity contribution in [2.24, 2.45) is 0 Å². The Balaban J connectivity index is 2.60. The van der Waals surface area contributed by atoms with Gasteiger partial charge in [0.25, 0.3) is 5.91 Å². The highest BCUT2D eigenvalue weighted by atomic mass is 35.5. The number of hydrogen-bond donors (Lipinski definition) is 2. The van der Waals surface area contributed by atoms with Gasteiger partial charge in [-0.1, -0.05) is 17.7 Å². The van der Waals surface area contributed by atoms with Crippen LogP contribution in [0.1, 0.15) is 12.0 Å². The van der Waals surface area contributed by atoms with Crippen molar-refractivity contribution in [2.45, 2.75) is 13.3 Å². The molecular weight excluding hydrogens is 290 g/mol. The molecule has 0 saturated carbocycles. The number of methoxy groups -OCH3 is 1. The monoisotopic (exact) mass is 307 g/mol. The number of rotatable bonds is 7. The molecule has 0 saturated heterocycles. The summed E-state index contributed by atoms with van der Waals surface area (Å²) in [6.07, 6.45) is 2.06. The molecule has 0 fully saturated rings. The van der Waals surface area contributed by atoms with E-state index >= 15 is 0 Å². The molecule has 0 radical (unpaired) electrons. The number of nitrogens with one attached hydrogen (secondary N) is 2. The Kier molecular flexibility index (Phi) is 7.30. The third-order valence-electron chi connectivity index (χ3n) is 2.73. The van der Waals surface area contributed by atoms with E-state index in [0.29, 0.717) is 30.3 Å². The molecule has 21 heavy (non-hydrogen) atoms. The number of nitriles is 1. The number of carbonyl (C=O) groups excluding carboxylic acids is 1. The Morgan fingerprint density at radius 2 is 2.29 bits per heavy atom. The molecule has 2 N–H and O–H groups in total. The fourth-order valence-electron chi connectivity index (χ4n) is 1.50. The van der Waals surface area contributed by atoms with Crippen LogP contribution < -0.4 is 10.6 Å². The minimum absolute atomic E-state index is 0.00381. The summed E-state index contributed by atoms with van der Waals surface area (Å²) in [5, 5.41) is 15.2. The van der Waals surface area contributed by atoms with Crippen LogP contribution in [0.2, 0.25) is 5.02 Å². The van der Waals surface area contributed by atoms with Crippen molar-refractivity contribution < 1.29 is 9.53 Å². The number of hydrogen-bond acceptors (Lipinski definition) is 4. The third kappa shape index (κ3) is 5.86. The van der Waals surface area contributed by atoms with Crippen LogP contribution in [0.25, 0.3) is 0 Å². The quantitative estimate of drug-likeness (QED) is 0.461. The molecule has 0 spiro atoms. The van der Waals surface area contributed by atoms with Gasteiger partial charge in [0.05, 0.1) is 0 Å². The molecule has 0 heterocycles. The first-order chi connectivity index (χ1) is 10.1. The number of halogens is 1. The Labute approximate surface area is 129 Å². The first-order valence-corrected chi connectivity index (χ1v) is 6.86. The standard InChI is InChI=1S/C15H18ClN3O2/c1-11-4-5-13(8-14(11)16)19-10-12(9-17)15(20)18-6-3-7-21-2/h4-5,8,10,19H,3,6-7H2,1-2H3,(H,18,20)/b12-10-. The molecule has 0 aromatic heterocycles. The van der Waals surface area contributed by atoms with E-state index in [0.717, 1.165) is 5.56 Å². The fraction of sp³-hybridized carbons (Fsp3) is 0.333. The van der Waals surface area contributed by atoms with Gasteiger partial charge in [-0.05, 0) is 31.0 Å². The molecule has 1 aromatic rings. The van der Waals surface area contributed by atoms with Crippen molar-refractivity contribution >= 4 is 23.2 Å². The predicted molar refractivity (Wildman–Crippen MR) is 83.0 cm³/mol. The van der Waals surface area contributed by atoms with Crippen LogP contribution in [-0.2, 0) is 9.53 Å². The lowest BCUT2D eigenvalue weighted by Crippen LogP contribution is -2.26. The first kappa shape index (κ1) is 17.0. The molecule has 0 unspecified atom stereocenters. The summed E-state index contributed by atoms with van der Waals surface area (Å²) in [6.45, 7) is 2.92. The molecule has 0 aliphatic rings. The Hall–Kier alpha value is -2.03. The molecule has 1 amide bonds. The van der Waals surface area contributed by atoms with Gasteiger partial charge in [0, 0.05) is 37.2 Å². The topological polar surface area (TPSA) is 74.1 Å². The Morgan fingerprint density at radius 1 is 1.52 bits per heavy atom. The maximum atomic E-state index is 11.8. The van der Waals surface area contributed by atoms with Crippen LogP contribution in [0.15, 0.2) is 30.0 Å². The van der Waals surface area contributed by atoms with Gasteiger partial charge >= 0.3 is 0 Å². The van der Waals surface area contributed by atoms with Crippen molar-refractivity contribution in [3.63, 3.8) is 0 Å². The zero-order valence-corrected chi connectivity index (χ0v) is 12.8. The normalized spacial score (nSPS) is 10.9. The van der Waals surface area contributed by atoms with Crippen molar-refractivity contribution in [1.29, 1.82) is 5.26 Å². The molecule has 1 aromatic carbocycles. The second-order valence-corrected chi connectivity index (χ2v) is 4.79. The van der Waals surface area contributed by atoms with Gasteiger partial charge in [-0.25, -0.2) is 0 Å². The zero-order valence-electron chi connectivity index (χ0n) is 12.1. The van der Waals surface area contributed by atoms with Crippen LogP contribution in [0.4, 0.5) is 5.69 Å². The second-order valence-electron chi connectivity index (χ2n) is 4.38. The summed E-state index contributed by atoms with van der Waals surface area (Å²) >= 11 is 6.01. The maximum absolute atomic E-state index is 11.8. The number of carbonyl (C=O) groups is 1. The second kappa shape index (κ2) is 9.01. The van der Waals surface area contributed by atoms with E-state index in [-0.39, 0.29) is 5.57 Å². The average Bonchev–Trinajstić information content (AvgIpc) is 2.48. The molecule has 0 bridgehead atoms. The van der Waals surface area contributed by atoms with E-state index < -0.39 is 5.91 Å². The summed E-state index contributed by atoms with van der Waals surface area (Å²) in [7, 11) is 1.60. The molecular formula is C15H18ClN3O2. The summed E-state index contributed by atoms with van der Waals surface area (Å²) in [6, 6.07) is 7.28. The third-order valence-corrected chi connectivity index (χ3v) is 3.14. The highest BCUT2D eigenvalue weighted by Gasteiger charge is 2.07. The first-order valence-electron chi connectivity index (χ1n) is 6.48. The summed E-state index contributed by atoms with van der Waals surface area (Å²) < 4.78 is 4.88. The van der Waals surface area contributed by atoms with Crippen LogP contribution in [0, 0.1) is 18.3 Å². The lowest BCUT2D eigenvalue weighted by molar-refractivity contribution is -0.117. The number of aryl methyl sites for hydroxylation is 1. The summed E-state index contributed by atoms with van der Waals surface area (Å²) in [5.74, 6) is -0.417. The van der Waals surface area contributed by atoms with Crippen molar-refractivity contribution in [3.05, 3.63) is 40.6 Å². The van der Waals surface area contributed by atoms with Gasteiger partial charge < -0.3 is 15.4 Å². The molecule has 0 aliphatic carbocycles. The largest absolute Gasteiger partial charge is 0.385 e. The number of ether oxygens (including phenoxy) is 1. The SMILES string of the molecule is COCCCNC(=O)/C(C#N)=C\Nc1ccc(C)c(Cl)c1. The van der Waals surface area contributed by atoms with Crippen LogP contribution in [0.5, 0.6) is 0 Å². The van der Waals surface area contributed by atoms with Crippen LogP contribution >= 0.6 is 11.6 Å². The molecule has 1 rings (SSSR count). The Bertz CT molecular complexity index is 565. The minimum Gasteiger partial charge on any atom is -0.385 e. The van der Waals surface area contributed by atoms with E-state index in [2.05, 4.69) is 10.6 Å². The maximum Gasteiger partial charge on any atom is 0.263 e. The van der Waals surface area contributed by atoms with Crippen LogP contribution in [0.3, 0.4) is 0 Å². The van der Waals surface area contributed by atoms with E-state index in [4.69, 9.17) is 21.6 Å². The van der Waals surface area contributed by atoms with Gasteiger partial charge in [-0.2, -0.15) is 5.26 Å². The lowest BCUT2D eigenvalue weighted by Gasteiger charge is -2.06. The number of nitrogens with zero attached hydrogens (tertiary/aromatic N) is 1. The highest BCUT2D eigenvalue weighted by molar-refractivity contribution is 6.31. The van der Waals surface area contributed by atoms with E-state index in [9.17, 15) is 4.79 Å². The average molecular weight is 308 g/mol. The smallest absolute Gasteiger partial charge is 0.263 e. The van der Waals surface area contributed by atoms with Gasteiger partial charge in [0.2, 0.25) is 0 Å². The predicted octanol–water partition coefficient (Wildman–Crippen LogP) is 2.62. The van der Waals surface area contributed by atoms with Crippen molar-refractivity contribution in [1.82, 2.24) is 5.32 Å². The molecule has 6 heteroatoms. The summed E-state index contributed by atoms with van der Waals surface area (Å²) in [5.41, 5.74) is 1.68. The van der Waals surface area contributed by atoms with Crippen molar-refractivity contribution in [2.75, 3.05) is 25.6 Å². The number of anilines is 1. The molecule has 0 aliphatic heterocycles. The van der Waals surface area contributed by atoms with Gasteiger partial charge in [-0.15, -0.1) is 0 Å². The Morgan fingerprint density at radius 3 is 2.90 bits per heavy atom. The molecule has 112 valence electrons. The van der Waals surface area contributed by atoms with Crippen molar-refractivity contribution in [3.8, 4) is 6.07 Å². The lowest BCUT2D eigenvalue weighted by atomic mass is 10.2. The zero-order chi connectivity index (χ0) is 15.7. The summed E-state index contributed by atoms with van der Waals surface area (Å²) in [4.78, 5) is 11.8. The number of amides is 1. The molecule has 5 nitrogen and oxygen atoms in total. The van der Waals surface area contributed by atoms with Gasteiger partial charge in [-0.3, -0.25) is 4.79 Å².